The van der Waals surface area contributed by atoms with Gasteiger partial charge in [-0.3, -0.25) is 4.79 Å². The van der Waals surface area contributed by atoms with E-state index in [1.807, 2.05) is 51.1 Å². The highest BCUT2D eigenvalue weighted by molar-refractivity contribution is 5.94. The SMILES string of the molecule is COc1ccc(Cc2ccc(NC(=O)C(C)(C)C)cc2)cc1F. The van der Waals surface area contributed by atoms with Crippen LogP contribution in [0.5, 0.6) is 5.75 Å². The number of hydrogen-bond donors (Lipinski definition) is 1. The van der Waals surface area contributed by atoms with Gasteiger partial charge in [0.05, 0.1) is 7.11 Å². The van der Waals surface area contributed by atoms with Crippen molar-refractivity contribution < 1.29 is 13.9 Å². The van der Waals surface area contributed by atoms with E-state index in [0.29, 0.717) is 6.42 Å². The number of hydrogen-bond acceptors (Lipinski definition) is 2. The lowest BCUT2D eigenvalue weighted by atomic mass is 9.95. The fraction of sp³-hybridized carbons (Fsp3) is 0.316. The van der Waals surface area contributed by atoms with Crippen LogP contribution in [0.25, 0.3) is 0 Å². The second kappa shape index (κ2) is 6.82. The van der Waals surface area contributed by atoms with E-state index in [1.54, 1.807) is 6.07 Å². The molecule has 0 fully saturated rings. The third-order valence-electron chi connectivity index (χ3n) is 3.52. The Morgan fingerprint density at radius 3 is 2.22 bits per heavy atom. The minimum Gasteiger partial charge on any atom is -0.494 e. The van der Waals surface area contributed by atoms with E-state index in [4.69, 9.17) is 4.74 Å². The second-order valence-electron chi connectivity index (χ2n) is 6.55. The highest BCUT2D eigenvalue weighted by Gasteiger charge is 2.20. The van der Waals surface area contributed by atoms with Crippen LogP contribution in [-0.2, 0) is 11.2 Å². The van der Waals surface area contributed by atoms with Crippen LogP contribution in [0, 0.1) is 11.2 Å². The summed E-state index contributed by atoms with van der Waals surface area (Å²) >= 11 is 0. The van der Waals surface area contributed by atoms with Gasteiger partial charge < -0.3 is 10.1 Å². The van der Waals surface area contributed by atoms with Gasteiger partial charge in [-0.05, 0) is 41.8 Å². The normalized spacial score (nSPS) is 11.2. The fourth-order valence-corrected chi connectivity index (χ4v) is 2.08. The van der Waals surface area contributed by atoms with Crippen LogP contribution in [0.3, 0.4) is 0 Å². The van der Waals surface area contributed by atoms with Crippen molar-refractivity contribution >= 4 is 11.6 Å². The molecule has 0 radical (unpaired) electrons. The number of carbonyl (C=O) groups excluding carboxylic acids is 1. The summed E-state index contributed by atoms with van der Waals surface area (Å²) in [5.74, 6) is -0.143. The average molecular weight is 315 g/mol. The summed E-state index contributed by atoms with van der Waals surface area (Å²) in [6.07, 6.45) is 0.619. The third-order valence-corrected chi connectivity index (χ3v) is 3.52. The molecule has 3 nitrogen and oxygen atoms in total. The summed E-state index contributed by atoms with van der Waals surface area (Å²) in [4.78, 5) is 11.9. The Bertz CT molecular complexity index is 688. The number of rotatable bonds is 4. The average Bonchev–Trinajstić information content (AvgIpc) is 2.48. The summed E-state index contributed by atoms with van der Waals surface area (Å²) in [5.41, 5.74) is 2.24. The van der Waals surface area contributed by atoms with Gasteiger partial charge in [-0.2, -0.15) is 0 Å². The quantitative estimate of drug-likeness (QED) is 0.907. The van der Waals surface area contributed by atoms with Crippen molar-refractivity contribution in [3.05, 3.63) is 59.4 Å². The predicted octanol–water partition coefficient (Wildman–Crippen LogP) is 4.41. The van der Waals surface area contributed by atoms with E-state index in [-0.39, 0.29) is 17.5 Å². The molecule has 0 aliphatic carbocycles. The van der Waals surface area contributed by atoms with Crippen molar-refractivity contribution in [1.82, 2.24) is 0 Å². The standard InChI is InChI=1S/C19H22FNO2/c1-19(2,3)18(22)21-15-8-5-13(6-9-15)11-14-7-10-17(23-4)16(20)12-14/h5-10,12H,11H2,1-4H3,(H,21,22). The molecular formula is C19H22FNO2. The molecule has 2 aromatic rings. The molecular weight excluding hydrogens is 293 g/mol. The molecule has 4 heteroatoms. The number of anilines is 1. The van der Waals surface area contributed by atoms with Crippen LogP contribution >= 0.6 is 0 Å². The number of carbonyl (C=O) groups is 1. The first-order valence-corrected chi connectivity index (χ1v) is 7.52. The van der Waals surface area contributed by atoms with E-state index in [9.17, 15) is 9.18 Å². The number of amides is 1. The molecule has 0 atom stereocenters. The van der Waals surface area contributed by atoms with Crippen LogP contribution in [0.4, 0.5) is 10.1 Å². The molecule has 0 saturated carbocycles. The molecule has 0 aromatic heterocycles. The largest absolute Gasteiger partial charge is 0.494 e. The molecule has 2 aromatic carbocycles. The lowest BCUT2D eigenvalue weighted by molar-refractivity contribution is -0.123. The van der Waals surface area contributed by atoms with Gasteiger partial charge in [-0.1, -0.05) is 39.0 Å². The van der Waals surface area contributed by atoms with Crippen molar-refractivity contribution in [2.24, 2.45) is 5.41 Å². The van der Waals surface area contributed by atoms with E-state index in [2.05, 4.69) is 5.32 Å². The van der Waals surface area contributed by atoms with Gasteiger partial charge in [0, 0.05) is 11.1 Å². The molecule has 122 valence electrons. The fourth-order valence-electron chi connectivity index (χ4n) is 2.08. The van der Waals surface area contributed by atoms with Gasteiger partial charge in [0.25, 0.3) is 0 Å². The van der Waals surface area contributed by atoms with Crippen molar-refractivity contribution in [2.75, 3.05) is 12.4 Å². The molecule has 0 heterocycles. The maximum Gasteiger partial charge on any atom is 0.229 e. The van der Waals surface area contributed by atoms with Gasteiger partial charge in [0.2, 0.25) is 5.91 Å². The molecule has 2 rings (SSSR count). The zero-order valence-electron chi connectivity index (χ0n) is 13.9. The van der Waals surface area contributed by atoms with Crippen LogP contribution in [0.2, 0.25) is 0 Å². The predicted molar refractivity (Wildman–Crippen MR) is 90.3 cm³/mol. The third kappa shape index (κ3) is 4.55. The van der Waals surface area contributed by atoms with Crippen LogP contribution in [0.1, 0.15) is 31.9 Å². The first-order valence-electron chi connectivity index (χ1n) is 7.52. The lowest BCUT2D eigenvalue weighted by Gasteiger charge is -2.17. The number of halogens is 1. The Hall–Kier alpha value is -2.36. The molecule has 0 aliphatic rings. The van der Waals surface area contributed by atoms with E-state index in [1.165, 1.54) is 13.2 Å². The molecule has 0 unspecified atom stereocenters. The summed E-state index contributed by atoms with van der Waals surface area (Å²) < 4.78 is 18.6. The number of methoxy groups -OCH3 is 1. The summed E-state index contributed by atoms with van der Waals surface area (Å²) in [5, 5.41) is 2.88. The monoisotopic (exact) mass is 315 g/mol. The van der Waals surface area contributed by atoms with Crippen LogP contribution in [-0.4, -0.2) is 13.0 Å². The van der Waals surface area contributed by atoms with Gasteiger partial charge in [0.1, 0.15) is 0 Å². The van der Waals surface area contributed by atoms with E-state index in [0.717, 1.165) is 16.8 Å². The number of benzene rings is 2. The first kappa shape index (κ1) is 17.0. The zero-order chi connectivity index (χ0) is 17.0. The Morgan fingerprint density at radius 2 is 1.70 bits per heavy atom. The smallest absolute Gasteiger partial charge is 0.229 e. The molecule has 0 spiro atoms. The summed E-state index contributed by atoms with van der Waals surface area (Å²) in [6, 6.07) is 12.5. The minimum absolute atomic E-state index is 0.0255. The molecule has 0 bridgehead atoms. The van der Waals surface area contributed by atoms with E-state index < -0.39 is 5.41 Å². The minimum atomic E-state index is -0.431. The van der Waals surface area contributed by atoms with Gasteiger partial charge in [-0.25, -0.2) is 4.39 Å². The zero-order valence-corrected chi connectivity index (χ0v) is 13.9. The van der Waals surface area contributed by atoms with Crippen LogP contribution < -0.4 is 10.1 Å². The Morgan fingerprint density at radius 1 is 1.09 bits per heavy atom. The topological polar surface area (TPSA) is 38.3 Å². The van der Waals surface area contributed by atoms with E-state index >= 15 is 0 Å². The lowest BCUT2D eigenvalue weighted by Crippen LogP contribution is -2.27. The van der Waals surface area contributed by atoms with Crippen LogP contribution in [0.15, 0.2) is 42.5 Å². The van der Waals surface area contributed by atoms with Crippen molar-refractivity contribution in [2.45, 2.75) is 27.2 Å². The van der Waals surface area contributed by atoms with Crippen molar-refractivity contribution in [1.29, 1.82) is 0 Å². The summed E-state index contributed by atoms with van der Waals surface area (Å²) in [7, 11) is 1.45. The molecule has 1 N–H and O–H groups in total. The first-order chi connectivity index (χ1) is 10.8. The second-order valence-corrected chi connectivity index (χ2v) is 6.55. The molecule has 1 amide bonds. The number of ether oxygens (including phenoxy) is 1. The Labute approximate surface area is 136 Å². The van der Waals surface area contributed by atoms with Crippen molar-refractivity contribution in [3.8, 4) is 5.75 Å². The maximum absolute atomic E-state index is 13.7. The maximum atomic E-state index is 13.7. The van der Waals surface area contributed by atoms with Gasteiger partial charge >= 0.3 is 0 Å². The summed E-state index contributed by atoms with van der Waals surface area (Å²) in [6.45, 7) is 5.61. The number of nitrogens with one attached hydrogen (secondary N) is 1. The Balaban J connectivity index is 2.05. The van der Waals surface area contributed by atoms with Crippen molar-refractivity contribution in [3.63, 3.8) is 0 Å². The molecule has 0 aliphatic heterocycles. The Kier molecular flexibility index (Phi) is 5.04. The highest BCUT2D eigenvalue weighted by atomic mass is 19.1. The van der Waals surface area contributed by atoms with Gasteiger partial charge in [-0.15, -0.1) is 0 Å². The highest BCUT2D eigenvalue weighted by Crippen LogP contribution is 2.21. The molecule has 0 saturated heterocycles. The van der Waals surface area contributed by atoms with Gasteiger partial charge in [0.15, 0.2) is 11.6 Å². The molecule has 23 heavy (non-hydrogen) atoms.